The lowest BCUT2D eigenvalue weighted by atomic mass is 9.70. The Bertz CT molecular complexity index is 2050. The van der Waals surface area contributed by atoms with Crippen molar-refractivity contribution in [2.24, 2.45) is 0 Å². The predicted octanol–water partition coefficient (Wildman–Crippen LogP) is 10.1. The summed E-state index contributed by atoms with van der Waals surface area (Å²) >= 11 is 1.88. The van der Waals surface area contributed by atoms with Gasteiger partial charge < -0.3 is 0 Å². The van der Waals surface area contributed by atoms with Gasteiger partial charge in [0.15, 0.2) is 0 Å². The largest absolute Gasteiger partial charge is 0.135 e. The van der Waals surface area contributed by atoms with Gasteiger partial charge >= 0.3 is 0 Å². The zero-order valence-corrected chi connectivity index (χ0v) is 21.4. The van der Waals surface area contributed by atoms with Crippen LogP contribution in [0.25, 0.3) is 53.6 Å². The van der Waals surface area contributed by atoms with Crippen LogP contribution in [0.2, 0.25) is 0 Å². The fraction of sp³-hybridized carbons (Fsp3) is 0.0270. The van der Waals surface area contributed by atoms with E-state index in [4.69, 9.17) is 0 Å². The van der Waals surface area contributed by atoms with Crippen LogP contribution in [0, 0.1) is 0 Å². The maximum atomic E-state index is 2.45. The van der Waals surface area contributed by atoms with Crippen molar-refractivity contribution >= 4 is 31.5 Å². The van der Waals surface area contributed by atoms with E-state index in [-0.39, 0.29) is 5.41 Å². The van der Waals surface area contributed by atoms with E-state index in [0.717, 1.165) is 0 Å². The van der Waals surface area contributed by atoms with Crippen LogP contribution in [0.3, 0.4) is 0 Å². The molecule has 0 saturated carbocycles. The Morgan fingerprint density at radius 1 is 0.395 bits per heavy atom. The average molecular weight is 499 g/mol. The second kappa shape index (κ2) is 7.31. The summed E-state index contributed by atoms with van der Waals surface area (Å²) in [7, 11) is 0. The van der Waals surface area contributed by atoms with Crippen LogP contribution in [0.15, 0.2) is 133 Å². The van der Waals surface area contributed by atoms with Gasteiger partial charge in [0, 0.05) is 20.2 Å². The molecular weight excluding hydrogens is 476 g/mol. The molecule has 0 aliphatic heterocycles. The lowest BCUT2D eigenvalue weighted by molar-refractivity contribution is 0.794. The second-order valence-electron chi connectivity index (χ2n) is 10.4. The fourth-order valence-corrected chi connectivity index (χ4v) is 8.41. The van der Waals surface area contributed by atoms with E-state index in [2.05, 4.69) is 133 Å². The summed E-state index contributed by atoms with van der Waals surface area (Å²) in [5.74, 6) is 0. The molecule has 0 atom stereocenters. The van der Waals surface area contributed by atoms with Crippen molar-refractivity contribution < 1.29 is 0 Å². The summed E-state index contributed by atoms with van der Waals surface area (Å²) in [5.41, 5.74) is 13.3. The summed E-state index contributed by atoms with van der Waals surface area (Å²) < 4.78 is 2.69. The van der Waals surface area contributed by atoms with Crippen LogP contribution >= 0.6 is 11.3 Å². The van der Waals surface area contributed by atoms with Gasteiger partial charge in [0.05, 0.1) is 5.41 Å². The van der Waals surface area contributed by atoms with Gasteiger partial charge in [0.1, 0.15) is 0 Å². The second-order valence-corrected chi connectivity index (χ2v) is 11.5. The van der Waals surface area contributed by atoms with Crippen LogP contribution < -0.4 is 0 Å². The molecule has 9 rings (SSSR count). The highest BCUT2D eigenvalue weighted by molar-refractivity contribution is 7.25. The van der Waals surface area contributed by atoms with Crippen molar-refractivity contribution in [3.05, 3.63) is 156 Å². The normalized spacial score (nSPS) is 14.0. The smallest absolute Gasteiger partial charge is 0.0725 e. The molecular formula is C37H22S. The van der Waals surface area contributed by atoms with Gasteiger partial charge in [0.25, 0.3) is 0 Å². The molecule has 176 valence electrons. The monoisotopic (exact) mass is 498 g/mol. The van der Waals surface area contributed by atoms with Crippen molar-refractivity contribution in [3.8, 4) is 33.4 Å². The van der Waals surface area contributed by atoms with Crippen LogP contribution in [0.5, 0.6) is 0 Å². The minimum atomic E-state index is -0.279. The van der Waals surface area contributed by atoms with Crippen LogP contribution in [0.4, 0.5) is 0 Å². The van der Waals surface area contributed by atoms with Gasteiger partial charge in [-0.15, -0.1) is 11.3 Å². The highest BCUT2D eigenvalue weighted by atomic mass is 32.1. The first-order valence-electron chi connectivity index (χ1n) is 13.2. The van der Waals surface area contributed by atoms with E-state index >= 15 is 0 Å². The van der Waals surface area contributed by atoms with Crippen molar-refractivity contribution in [2.75, 3.05) is 0 Å². The third kappa shape index (κ3) is 2.41. The van der Waals surface area contributed by atoms with Gasteiger partial charge in [-0.1, -0.05) is 115 Å². The summed E-state index contributed by atoms with van der Waals surface area (Å²) in [6.45, 7) is 0. The predicted molar refractivity (Wildman–Crippen MR) is 161 cm³/mol. The number of rotatable bonds is 1. The minimum absolute atomic E-state index is 0.279. The van der Waals surface area contributed by atoms with E-state index in [1.807, 2.05) is 11.3 Å². The molecule has 1 spiro atoms. The van der Waals surface area contributed by atoms with Crippen molar-refractivity contribution in [3.63, 3.8) is 0 Å². The van der Waals surface area contributed by atoms with Gasteiger partial charge in [-0.2, -0.15) is 0 Å². The van der Waals surface area contributed by atoms with Crippen molar-refractivity contribution in [1.29, 1.82) is 0 Å². The molecule has 0 N–H and O–H groups in total. The molecule has 0 nitrogen and oxygen atoms in total. The number of benzene rings is 6. The first kappa shape index (κ1) is 20.6. The number of fused-ring (bicyclic) bond motifs is 13. The lowest BCUT2D eigenvalue weighted by Crippen LogP contribution is -2.25. The Hall–Kier alpha value is -4.46. The zero-order chi connectivity index (χ0) is 24.8. The van der Waals surface area contributed by atoms with E-state index in [9.17, 15) is 0 Å². The molecule has 0 unspecified atom stereocenters. The number of hydrogen-bond acceptors (Lipinski definition) is 1. The molecule has 7 aromatic rings. The first-order chi connectivity index (χ1) is 18.9. The number of thiophene rings is 1. The topological polar surface area (TPSA) is 0 Å². The molecule has 1 heterocycles. The molecule has 2 aliphatic rings. The lowest BCUT2D eigenvalue weighted by Gasteiger charge is -2.30. The molecule has 38 heavy (non-hydrogen) atoms. The molecule has 6 aromatic carbocycles. The molecule has 0 radical (unpaired) electrons. The molecule has 0 bridgehead atoms. The van der Waals surface area contributed by atoms with Crippen LogP contribution in [0.1, 0.15) is 22.3 Å². The van der Waals surface area contributed by atoms with Gasteiger partial charge in [-0.05, 0) is 73.8 Å². The summed E-state index contributed by atoms with van der Waals surface area (Å²) in [6.07, 6.45) is 0. The SMILES string of the molecule is c1ccc2c(c1)-c1ccccc1C21c2ccccc2-c2cc(-c3cccc4sc5ccccc5c34)ccc21. The van der Waals surface area contributed by atoms with E-state index in [1.165, 1.54) is 75.8 Å². The third-order valence-electron chi connectivity index (χ3n) is 8.71. The van der Waals surface area contributed by atoms with Gasteiger partial charge in [-0.25, -0.2) is 0 Å². The van der Waals surface area contributed by atoms with E-state index in [0.29, 0.717) is 0 Å². The molecule has 1 aromatic heterocycles. The number of hydrogen-bond donors (Lipinski definition) is 0. The van der Waals surface area contributed by atoms with Crippen LogP contribution in [-0.2, 0) is 5.41 Å². The maximum Gasteiger partial charge on any atom is 0.0725 e. The average Bonchev–Trinajstić information content (AvgIpc) is 3.61. The Morgan fingerprint density at radius 2 is 0.921 bits per heavy atom. The molecule has 0 amide bonds. The quantitative estimate of drug-likeness (QED) is 0.211. The van der Waals surface area contributed by atoms with E-state index in [1.54, 1.807) is 0 Å². The summed E-state index contributed by atoms with van der Waals surface area (Å²) in [6, 6.07) is 49.8. The first-order valence-corrected chi connectivity index (χ1v) is 14.0. The molecule has 0 fully saturated rings. The Kier molecular flexibility index (Phi) is 3.96. The van der Waals surface area contributed by atoms with Crippen molar-refractivity contribution in [2.45, 2.75) is 5.41 Å². The van der Waals surface area contributed by atoms with Gasteiger partial charge in [-0.3, -0.25) is 0 Å². The molecule has 0 saturated heterocycles. The van der Waals surface area contributed by atoms with Crippen molar-refractivity contribution in [1.82, 2.24) is 0 Å². The van der Waals surface area contributed by atoms with Crippen LogP contribution in [-0.4, -0.2) is 0 Å². The fourth-order valence-electron chi connectivity index (χ4n) is 7.28. The summed E-state index contributed by atoms with van der Waals surface area (Å²) in [4.78, 5) is 0. The minimum Gasteiger partial charge on any atom is -0.135 e. The Morgan fingerprint density at radius 3 is 1.63 bits per heavy atom. The third-order valence-corrected chi connectivity index (χ3v) is 9.85. The molecule has 1 heteroatoms. The standard InChI is InChI=1S/C37H22S/c1-5-15-30-25(10-1)26-11-2-6-16-31(26)37(30)32-17-7-3-12-27(32)29-22-23(20-21-33(29)37)24-14-9-19-35-36(24)28-13-4-8-18-34(28)38-35/h1-22H. The Balaban J connectivity index is 1.37. The highest BCUT2D eigenvalue weighted by Crippen LogP contribution is 2.63. The van der Waals surface area contributed by atoms with E-state index < -0.39 is 0 Å². The Labute approximate surface area is 225 Å². The van der Waals surface area contributed by atoms with Gasteiger partial charge in [0.2, 0.25) is 0 Å². The summed E-state index contributed by atoms with van der Waals surface area (Å²) in [5, 5.41) is 2.71. The highest BCUT2D eigenvalue weighted by Gasteiger charge is 2.51. The zero-order valence-electron chi connectivity index (χ0n) is 20.6. The molecule has 2 aliphatic carbocycles. The maximum absolute atomic E-state index is 2.45.